The number of nitrogens with one attached hydrogen (secondary N) is 1. The maximum Gasteiger partial charge on any atom is 0.224 e. The number of amides is 1. The van der Waals surface area contributed by atoms with Gasteiger partial charge in [0.1, 0.15) is 0 Å². The average Bonchev–Trinajstić information content (AvgIpc) is 3.07. The summed E-state index contributed by atoms with van der Waals surface area (Å²) in [6, 6.07) is 8.79. The van der Waals surface area contributed by atoms with Crippen LogP contribution in [-0.2, 0) is 18.4 Å². The van der Waals surface area contributed by atoms with Crippen molar-refractivity contribution in [1.29, 1.82) is 0 Å². The Kier molecular flexibility index (Phi) is 3.97. The van der Waals surface area contributed by atoms with Gasteiger partial charge in [-0.1, -0.05) is 6.07 Å². The van der Waals surface area contributed by atoms with Gasteiger partial charge in [0.05, 0.1) is 5.92 Å². The van der Waals surface area contributed by atoms with Crippen molar-refractivity contribution >= 4 is 16.8 Å². The van der Waals surface area contributed by atoms with Gasteiger partial charge in [-0.25, -0.2) is 0 Å². The fraction of sp³-hybridized carbons (Fsp3) is 0.471. The molecule has 112 valence electrons. The molecular weight excluding hydrogens is 262 g/mol. The van der Waals surface area contributed by atoms with Crippen LogP contribution in [0.3, 0.4) is 0 Å². The average molecular weight is 285 g/mol. The molecule has 1 aromatic carbocycles. The Bertz CT molecular complexity index is 647. The molecule has 0 radical (unpaired) electrons. The lowest BCUT2D eigenvalue weighted by Gasteiger charge is -2.16. The zero-order chi connectivity index (χ0) is 14.8. The molecule has 2 aromatic rings. The number of rotatable bonds is 4. The summed E-state index contributed by atoms with van der Waals surface area (Å²) in [7, 11) is 2.07. The van der Waals surface area contributed by atoms with Crippen molar-refractivity contribution in [3.8, 4) is 0 Å². The first-order chi connectivity index (χ1) is 10.2. The van der Waals surface area contributed by atoms with Crippen molar-refractivity contribution in [2.45, 2.75) is 19.9 Å². The molecule has 0 unspecified atom stereocenters. The highest BCUT2D eigenvalue weighted by Gasteiger charge is 2.27. The van der Waals surface area contributed by atoms with Gasteiger partial charge in [-0.2, -0.15) is 0 Å². The third-order valence-electron chi connectivity index (χ3n) is 4.35. The number of likely N-dealkylation sites (tertiary alicyclic amines) is 1. The van der Waals surface area contributed by atoms with E-state index in [4.69, 9.17) is 0 Å². The van der Waals surface area contributed by atoms with Crippen LogP contribution in [0.1, 0.15) is 18.9 Å². The van der Waals surface area contributed by atoms with Crippen molar-refractivity contribution in [3.05, 3.63) is 36.0 Å². The largest absolute Gasteiger partial charge is 0.356 e. The molecule has 4 nitrogen and oxygen atoms in total. The second-order valence-electron chi connectivity index (χ2n) is 5.94. The molecule has 1 aliphatic heterocycles. The van der Waals surface area contributed by atoms with E-state index >= 15 is 0 Å². The zero-order valence-corrected chi connectivity index (χ0v) is 12.8. The predicted molar refractivity (Wildman–Crippen MR) is 85.0 cm³/mol. The Morgan fingerprint density at radius 3 is 3.05 bits per heavy atom. The van der Waals surface area contributed by atoms with Crippen LogP contribution in [0.15, 0.2) is 30.5 Å². The molecule has 21 heavy (non-hydrogen) atoms. The minimum absolute atomic E-state index is 0.158. The molecule has 0 spiro atoms. The Morgan fingerprint density at radius 1 is 1.38 bits per heavy atom. The minimum Gasteiger partial charge on any atom is -0.356 e. The molecule has 1 aromatic heterocycles. The van der Waals surface area contributed by atoms with Crippen LogP contribution in [0.25, 0.3) is 10.9 Å². The number of hydrogen-bond acceptors (Lipinski definition) is 2. The number of carbonyl (C=O) groups excluding carboxylic acids is 1. The Balaban J connectivity index is 1.65. The summed E-state index contributed by atoms with van der Waals surface area (Å²) in [6.07, 6.45) is 3.06. The van der Waals surface area contributed by atoms with E-state index in [1.54, 1.807) is 0 Å². The van der Waals surface area contributed by atoms with E-state index in [0.29, 0.717) is 0 Å². The minimum atomic E-state index is 0.158. The zero-order valence-electron chi connectivity index (χ0n) is 12.8. The molecule has 0 bridgehead atoms. The van der Waals surface area contributed by atoms with E-state index in [2.05, 4.69) is 52.3 Å². The standard InChI is InChI=1S/C17H23N3O/c1-3-18-17(21)15-7-9-20(12-15)11-13-4-5-16-14(10-13)6-8-19(16)2/h4-6,8,10,15H,3,7,9,11-12H2,1-2H3,(H,18,21)/t15-/m0/s1. The van der Waals surface area contributed by atoms with Crippen LogP contribution in [0, 0.1) is 5.92 Å². The molecule has 1 atom stereocenters. The van der Waals surface area contributed by atoms with Crippen LogP contribution in [0.4, 0.5) is 0 Å². The smallest absolute Gasteiger partial charge is 0.224 e. The Labute approximate surface area is 125 Å². The first-order valence-electron chi connectivity index (χ1n) is 7.71. The summed E-state index contributed by atoms with van der Waals surface area (Å²) in [5.74, 6) is 0.365. The summed E-state index contributed by atoms with van der Waals surface area (Å²) in [6.45, 7) is 5.51. The van der Waals surface area contributed by atoms with Crippen molar-refractivity contribution in [2.24, 2.45) is 13.0 Å². The third-order valence-corrected chi connectivity index (χ3v) is 4.35. The molecule has 2 heterocycles. The van der Waals surface area contributed by atoms with Gasteiger partial charge in [-0.3, -0.25) is 9.69 Å². The molecule has 0 saturated carbocycles. The van der Waals surface area contributed by atoms with Gasteiger partial charge < -0.3 is 9.88 Å². The lowest BCUT2D eigenvalue weighted by molar-refractivity contribution is -0.124. The monoisotopic (exact) mass is 285 g/mol. The van der Waals surface area contributed by atoms with Gasteiger partial charge >= 0.3 is 0 Å². The number of benzene rings is 1. The molecule has 3 rings (SSSR count). The van der Waals surface area contributed by atoms with Crippen molar-refractivity contribution in [1.82, 2.24) is 14.8 Å². The number of hydrogen-bond donors (Lipinski definition) is 1. The van der Waals surface area contributed by atoms with E-state index in [-0.39, 0.29) is 11.8 Å². The molecule has 4 heteroatoms. The SMILES string of the molecule is CCNC(=O)[C@H]1CCN(Cc2ccc3c(ccn3C)c2)C1. The first-order valence-corrected chi connectivity index (χ1v) is 7.71. The fourth-order valence-corrected chi connectivity index (χ4v) is 3.20. The first kappa shape index (κ1) is 14.1. The number of aromatic nitrogens is 1. The van der Waals surface area contributed by atoms with Crippen LogP contribution in [0.5, 0.6) is 0 Å². The maximum atomic E-state index is 11.9. The van der Waals surface area contributed by atoms with Crippen molar-refractivity contribution in [3.63, 3.8) is 0 Å². The maximum absolute atomic E-state index is 11.9. The van der Waals surface area contributed by atoms with Crippen LogP contribution in [-0.4, -0.2) is 35.0 Å². The highest BCUT2D eigenvalue weighted by Crippen LogP contribution is 2.21. The molecule has 1 N–H and O–H groups in total. The van der Waals surface area contributed by atoms with Crippen molar-refractivity contribution in [2.75, 3.05) is 19.6 Å². The number of carbonyl (C=O) groups is 1. The Hall–Kier alpha value is -1.81. The number of fused-ring (bicyclic) bond motifs is 1. The second kappa shape index (κ2) is 5.90. The highest BCUT2D eigenvalue weighted by atomic mass is 16.1. The van der Waals surface area contributed by atoms with Crippen LogP contribution >= 0.6 is 0 Å². The molecular formula is C17H23N3O. The normalized spacial score (nSPS) is 19.2. The summed E-state index contributed by atoms with van der Waals surface area (Å²) in [4.78, 5) is 14.3. The summed E-state index contributed by atoms with van der Waals surface area (Å²) in [5.41, 5.74) is 2.59. The van der Waals surface area contributed by atoms with E-state index in [1.165, 1.54) is 16.5 Å². The highest BCUT2D eigenvalue weighted by molar-refractivity contribution is 5.81. The van der Waals surface area contributed by atoms with E-state index < -0.39 is 0 Å². The molecule has 1 amide bonds. The van der Waals surface area contributed by atoms with Crippen molar-refractivity contribution < 1.29 is 4.79 Å². The van der Waals surface area contributed by atoms with Gasteiger partial charge in [0.15, 0.2) is 0 Å². The molecule has 1 fully saturated rings. The lowest BCUT2D eigenvalue weighted by atomic mass is 10.1. The summed E-state index contributed by atoms with van der Waals surface area (Å²) in [5, 5.41) is 4.22. The van der Waals surface area contributed by atoms with E-state index in [0.717, 1.165) is 32.6 Å². The fourth-order valence-electron chi connectivity index (χ4n) is 3.20. The summed E-state index contributed by atoms with van der Waals surface area (Å²) >= 11 is 0. The summed E-state index contributed by atoms with van der Waals surface area (Å²) < 4.78 is 2.14. The van der Waals surface area contributed by atoms with Gasteiger partial charge in [0, 0.05) is 38.4 Å². The van der Waals surface area contributed by atoms with Gasteiger partial charge in [-0.15, -0.1) is 0 Å². The topological polar surface area (TPSA) is 37.3 Å². The number of nitrogens with zero attached hydrogens (tertiary/aromatic N) is 2. The number of aryl methyl sites for hydroxylation is 1. The molecule has 0 aliphatic carbocycles. The van der Waals surface area contributed by atoms with E-state index in [1.807, 2.05) is 6.92 Å². The predicted octanol–water partition coefficient (Wildman–Crippen LogP) is 2.14. The van der Waals surface area contributed by atoms with Crippen LogP contribution < -0.4 is 5.32 Å². The molecule has 1 saturated heterocycles. The molecule has 1 aliphatic rings. The van der Waals surface area contributed by atoms with Gasteiger partial charge in [-0.05, 0) is 49.0 Å². The third kappa shape index (κ3) is 2.95. The van der Waals surface area contributed by atoms with Gasteiger partial charge in [0.2, 0.25) is 5.91 Å². The van der Waals surface area contributed by atoms with Crippen LogP contribution in [0.2, 0.25) is 0 Å². The van der Waals surface area contributed by atoms with Gasteiger partial charge in [0.25, 0.3) is 0 Å². The second-order valence-corrected chi connectivity index (χ2v) is 5.94. The van der Waals surface area contributed by atoms with E-state index in [9.17, 15) is 4.79 Å². The quantitative estimate of drug-likeness (QED) is 0.934. The Morgan fingerprint density at radius 2 is 2.24 bits per heavy atom. The lowest BCUT2D eigenvalue weighted by Crippen LogP contribution is -2.32.